The van der Waals surface area contributed by atoms with Gasteiger partial charge in [0.2, 0.25) is 0 Å². The molecule has 176 valence electrons. The average molecular weight is 451 g/mol. The minimum Gasteiger partial charge on any atom is -0.508 e. The van der Waals surface area contributed by atoms with Crippen LogP contribution in [0.15, 0.2) is 36.5 Å². The lowest BCUT2D eigenvalue weighted by Crippen LogP contribution is -2.40. The third kappa shape index (κ3) is 4.55. The Morgan fingerprint density at radius 1 is 1.09 bits per heavy atom. The highest BCUT2D eigenvalue weighted by atomic mass is 16.5. The van der Waals surface area contributed by atoms with Crippen molar-refractivity contribution in [2.24, 2.45) is 5.92 Å². The first-order chi connectivity index (χ1) is 16.2. The van der Waals surface area contributed by atoms with Crippen LogP contribution in [0.4, 0.5) is 0 Å². The minimum atomic E-state index is 0.310. The topological polar surface area (TPSA) is 67.0 Å². The molecule has 2 aliphatic rings. The number of ether oxygens (including phenoxy) is 3. The van der Waals surface area contributed by atoms with E-state index in [2.05, 4.69) is 28.2 Å². The third-order valence-corrected chi connectivity index (χ3v) is 7.39. The number of methoxy groups -OCH3 is 2. The SMILES string of the molecule is COc1cc2c(cc1OC)C(CCc1c[nH]c3ccc(O)cc13)N(CC1CCOCC1)CC2. The van der Waals surface area contributed by atoms with Gasteiger partial charge in [-0.2, -0.15) is 0 Å². The van der Waals surface area contributed by atoms with Crippen molar-refractivity contribution < 1.29 is 19.3 Å². The molecule has 2 aromatic carbocycles. The van der Waals surface area contributed by atoms with Gasteiger partial charge in [0, 0.05) is 49.4 Å². The van der Waals surface area contributed by atoms with Crippen LogP contribution in [0.3, 0.4) is 0 Å². The molecule has 0 bridgehead atoms. The smallest absolute Gasteiger partial charge is 0.161 e. The molecule has 1 fully saturated rings. The highest BCUT2D eigenvalue weighted by Crippen LogP contribution is 2.41. The predicted octanol–water partition coefficient (Wildman–Crippen LogP) is 4.85. The second kappa shape index (κ2) is 9.65. The molecule has 6 nitrogen and oxygen atoms in total. The number of nitrogens with one attached hydrogen (secondary N) is 1. The lowest BCUT2D eigenvalue weighted by molar-refractivity contribution is 0.0423. The van der Waals surface area contributed by atoms with E-state index in [0.717, 1.165) is 80.8 Å². The molecule has 3 aromatic rings. The van der Waals surface area contributed by atoms with E-state index in [9.17, 15) is 5.11 Å². The third-order valence-electron chi connectivity index (χ3n) is 7.39. The zero-order chi connectivity index (χ0) is 22.8. The summed E-state index contributed by atoms with van der Waals surface area (Å²) in [5.74, 6) is 2.60. The van der Waals surface area contributed by atoms with Crippen LogP contribution in [0.5, 0.6) is 17.2 Å². The highest BCUT2D eigenvalue weighted by Gasteiger charge is 2.31. The zero-order valence-corrected chi connectivity index (χ0v) is 19.6. The van der Waals surface area contributed by atoms with Gasteiger partial charge in [0.25, 0.3) is 0 Å². The normalized spacial score (nSPS) is 19.5. The van der Waals surface area contributed by atoms with Crippen LogP contribution >= 0.6 is 0 Å². The number of aromatic amines is 1. The first kappa shape index (κ1) is 22.1. The molecule has 0 saturated carbocycles. The van der Waals surface area contributed by atoms with Crippen molar-refractivity contribution in [3.05, 3.63) is 53.2 Å². The number of hydrogen-bond donors (Lipinski definition) is 2. The molecule has 0 amide bonds. The monoisotopic (exact) mass is 450 g/mol. The van der Waals surface area contributed by atoms with Gasteiger partial charge in [0.15, 0.2) is 11.5 Å². The Bertz CT molecular complexity index is 1100. The summed E-state index contributed by atoms with van der Waals surface area (Å²) in [5, 5.41) is 11.1. The van der Waals surface area contributed by atoms with Gasteiger partial charge >= 0.3 is 0 Å². The number of phenols is 1. The van der Waals surface area contributed by atoms with Crippen molar-refractivity contribution >= 4 is 10.9 Å². The van der Waals surface area contributed by atoms with Crippen LogP contribution in [0.25, 0.3) is 10.9 Å². The van der Waals surface area contributed by atoms with Crippen molar-refractivity contribution in [2.45, 2.75) is 38.1 Å². The predicted molar refractivity (Wildman–Crippen MR) is 129 cm³/mol. The fourth-order valence-corrected chi connectivity index (χ4v) is 5.56. The quantitative estimate of drug-likeness (QED) is 0.539. The molecule has 1 unspecified atom stereocenters. The first-order valence-corrected chi connectivity index (χ1v) is 12.0. The van der Waals surface area contributed by atoms with Crippen LogP contribution < -0.4 is 9.47 Å². The molecular formula is C27H34N2O4. The van der Waals surface area contributed by atoms with Crippen LogP contribution in [-0.2, 0) is 17.6 Å². The molecule has 3 heterocycles. The maximum absolute atomic E-state index is 9.99. The standard InChI is InChI=1S/C27H34N2O4/c1-31-26-13-19-7-10-29(17-18-8-11-33-12-9-18)25(23(19)15-27(26)32-2)6-3-20-16-28-24-5-4-21(30)14-22(20)24/h4-5,13-16,18,25,28,30H,3,6-12,17H2,1-2H3. The Kier molecular flexibility index (Phi) is 6.47. The van der Waals surface area contributed by atoms with Crippen LogP contribution in [0.1, 0.15) is 42.0 Å². The lowest BCUT2D eigenvalue weighted by atomic mass is 9.87. The molecule has 1 aromatic heterocycles. The van der Waals surface area contributed by atoms with Gasteiger partial charge in [-0.15, -0.1) is 0 Å². The number of hydrogen-bond acceptors (Lipinski definition) is 5. The van der Waals surface area contributed by atoms with Gasteiger partial charge in [-0.25, -0.2) is 0 Å². The molecule has 1 atom stereocenters. The van der Waals surface area contributed by atoms with Gasteiger partial charge in [-0.1, -0.05) is 0 Å². The fourth-order valence-electron chi connectivity index (χ4n) is 5.56. The van der Waals surface area contributed by atoms with Gasteiger partial charge in [-0.3, -0.25) is 4.90 Å². The molecule has 5 rings (SSSR count). The Hall–Kier alpha value is -2.70. The van der Waals surface area contributed by atoms with Crippen molar-refractivity contribution in [1.82, 2.24) is 9.88 Å². The van der Waals surface area contributed by atoms with Gasteiger partial charge in [0.05, 0.1) is 14.2 Å². The average Bonchev–Trinajstić information content (AvgIpc) is 3.25. The van der Waals surface area contributed by atoms with Crippen molar-refractivity contribution in [3.8, 4) is 17.2 Å². The number of rotatable bonds is 7. The molecule has 1 saturated heterocycles. The van der Waals surface area contributed by atoms with E-state index >= 15 is 0 Å². The Morgan fingerprint density at radius 2 is 1.88 bits per heavy atom. The molecule has 0 aliphatic carbocycles. The summed E-state index contributed by atoms with van der Waals surface area (Å²) in [6.45, 7) is 3.92. The van der Waals surface area contributed by atoms with Crippen molar-refractivity contribution in [2.75, 3.05) is 40.5 Å². The van der Waals surface area contributed by atoms with Gasteiger partial charge in [0.1, 0.15) is 5.75 Å². The summed E-state index contributed by atoms with van der Waals surface area (Å²) in [6.07, 6.45) is 7.34. The molecule has 6 heteroatoms. The number of aromatic hydroxyl groups is 1. The molecule has 2 N–H and O–H groups in total. The summed E-state index contributed by atoms with van der Waals surface area (Å²) < 4.78 is 16.9. The Morgan fingerprint density at radius 3 is 2.67 bits per heavy atom. The van der Waals surface area contributed by atoms with E-state index < -0.39 is 0 Å². The maximum Gasteiger partial charge on any atom is 0.161 e. The second-order valence-corrected chi connectivity index (χ2v) is 9.30. The van der Waals surface area contributed by atoms with Crippen molar-refractivity contribution in [1.29, 1.82) is 0 Å². The number of phenolic OH excluding ortho intramolecular Hbond substituents is 1. The molecule has 0 radical (unpaired) electrons. The van der Waals surface area contributed by atoms with E-state index in [1.165, 1.54) is 16.7 Å². The summed E-state index contributed by atoms with van der Waals surface area (Å²) in [6, 6.07) is 10.2. The summed E-state index contributed by atoms with van der Waals surface area (Å²) in [5.41, 5.74) is 5.03. The van der Waals surface area contributed by atoms with E-state index in [0.29, 0.717) is 17.7 Å². The number of aryl methyl sites for hydroxylation is 1. The number of benzene rings is 2. The van der Waals surface area contributed by atoms with Crippen molar-refractivity contribution in [3.63, 3.8) is 0 Å². The molecule has 2 aliphatic heterocycles. The fraction of sp³-hybridized carbons (Fsp3) is 0.481. The lowest BCUT2D eigenvalue weighted by Gasteiger charge is -2.40. The number of aromatic nitrogens is 1. The van der Waals surface area contributed by atoms with E-state index in [4.69, 9.17) is 14.2 Å². The second-order valence-electron chi connectivity index (χ2n) is 9.30. The summed E-state index contributed by atoms with van der Waals surface area (Å²) in [4.78, 5) is 6.03. The Balaban J connectivity index is 1.44. The van der Waals surface area contributed by atoms with Gasteiger partial charge in [-0.05, 0) is 85.0 Å². The minimum absolute atomic E-state index is 0.310. The van der Waals surface area contributed by atoms with Crippen LogP contribution in [0.2, 0.25) is 0 Å². The van der Waals surface area contributed by atoms with Gasteiger partial charge < -0.3 is 24.3 Å². The number of fused-ring (bicyclic) bond motifs is 2. The maximum atomic E-state index is 9.99. The van der Waals surface area contributed by atoms with E-state index in [-0.39, 0.29) is 0 Å². The summed E-state index contributed by atoms with van der Waals surface area (Å²) >= 11 is 0. The zero-order valence-electron chi connectivity index (χ0n) is 19.6. The van der Waals surface area contributed by atoms with E-state index in [1.54, 1.807) is 20.3 Å². The Labute approximate surface area is 195 Å². The number of H-pyrrole nitrogens is 1. The molecule has 33 heavy (non-hydrogen) atoms. The van der Waals surface area contributed by atoms with Crippen LogP contribution in [0, 0.1) is 5.92 Å². The largest absolute Gasteiger partial charge is 0.508 e. The first-order valence-electron chi connectivity index (χ1n) is 12.0. The molecule has 0 spiro atoms. The van der Waals surface area contributed by atoms with E-state index in [1.807, 2.05) is 12.1 Å². The van der Waals surface area contributed by atoms with Crippen LogP contribution in [-0.4, -0.2) is 55.5 Å². The number of nitrogens with zero attached hydrogens (tertiary/aromatic N) is 1. The highest BCUT2D eigenvalue weighted by molar-refractivity contribution is 5.84. The molecular weight excluding hydrogens is 416 g/mol. The summed E-state index contributed by atoms with van der Waals surface area (Å²) in [7, 11) is 3.41.